The number of carboxylic acid groups (broad SMARTS) is 1. The molecule has 1 saturated heterocycles. The van der Waals surface area contributed by atoms with Crippen molar-refractivity contribution >= 4 is 11.7 Å². The third-order valence-corrected chi connectivity index (χ3v) is 3.71. The van der Waals surface area contributed by atoms with E-state index in [0.717, 1.165) is 25.1 Å². The molecule has 1 aromatic heterocycles. The molecule has 2 rings (SSSR count). The Kier molecular flexibility index (Phi) is 5.32. The number of piperidine rings is 1. The van der Waals surface area contributed by atoms with Crippen molar-refractivity contribution in [1.29, 1.82) is 0 Å². The minimum Gasteiger partial charge on any atom is -0.481 e. The number of rotatable bonds is 6. The first-order valence-electron chi connectivity index (χ1n) is 7.13. The van der Waals surface area contributed by atoms with Gasteiger partial charge in [0.1, 0.15) is 0 Å². The molecule has 2 heterocycles. The Morgan fingerprint density at radius 3 is 3.05 bits per heavy atom. The molecule has 0 spiro atoms. The predicted molar refractivity (Wildman–Crippen MR) is 77.6 cm³/mol. The molecule has 21 heavy (non-hydrogen) atoms. The number of nitrogens with zero attached hydrogens (tertiary/aromatic N) is 3. The normalized spacial score (nSPS) is 18.7. The molecular formula is C14H21N3O4. The van der Waals surface area contributed by atoms with Gasteiger partial charge < -0.3 is 14.7 Å². The molecule has 0 amide bonds. The number of carbonyl (C=O) groups is 1. The summed E-state index contributed by atoms with van der Waals surface area (Å²) in [4.78, 5) is 24.8. The summed E-state index contributed by atoms with van der Waals surface area (Å²) >= 11 is 0. The summed E-state index contributed by atoms with van der Waals surface area (Å²) in [5.74, 6) is -0.637. The van der Waals surface area contributed by atoms with Crippen LogP contribution in [-0.2, 0) is 16.1 Å². The summed E-state index contributed by atoms with van der Waals surface area (Å²) in [5, 5.41) is 13.0. The van der Waals surface area contributed by atoms with Crippen LogP contribution in [0.2, 0.25) is 0 Å². The standard InChI is InChI=1S/C14H21N3O4/c1-21-6-5-17-13(18)8-12(9-15-17)16-4-2-3-11(10-16)7-14(19)20/h8-9,11H,2-7,10H2,1H3,(H,19,20)/t11-/m0/s1. The van der Waals surface area contributed by atoms with Crippen molar-refractivity contribution in [1.82, 2.24) is 9.78 Å². The third kappa shape index (κ3) is 4.29. The number of hydrogen-bond acceptors (Lipinski definition) is 5. The van der Waals surface area contributed by atoms with E-state index in [9.17, 15) is 9.59 Å². The molecule has 1 fully saturated rings. The van der Waals surface area contributed by atoms with E-state index in [-0.39, 0.29) is 17.9 Å². The second-order valence-electron chi connectivity index (χ2n) is 5.32. The molecule has 1 atom stereocenters. The number of carboxylic acids is 1. The Hall–Kier alpha value is -1.89. The average molecular weight is 295 g/mol. The van der Waals surface area contributed by atoms with Crippen LogP contribution >= 0.6 is 0 Å². The number of anilines is 1. The molecule has 0 unspecified atom stereocenters. The molecule has 1 aromatic rings. The van der Waals surface area contributed by atoms with Gasteiger partial charge in [-0.3, -0.25) is 9.59 Å². The molecule has 116 valence electrons. The highest BCUT2D eigenvalue weighted by Crippen LogP contribution is 2.23. The molecular weight excluding hydrogens is 274 g/mol. The summed E-state index contributed by atoms with van der Waals surface area (Å²) in [6.45, 7) is 2.36. The van der Waals surface area contributed by atoms with Crippen molar-refractivity contribution in [3.05, 3.63) is 22.6 Å². The highest BCUT2D eigenvalue weighted by Gasteiger charge is 2.22. The van der Waals surface area contributed by atoms with Gasteiger partial charge in [-0.2, -0.15) is 5.10 Å². The monoisotopic (exact) mass is 295 g/mol. The van der Waals surface area contributed by atoms with Crippen molar-refractivity contribution < 1.29 is 14.6 Å². The topological polar surface area (TPSA) is 84.7 Å². The van der Waals surface area contributed by atoms with E-state index < -0.39 is 5.97 Å². The molecule has 0 bridgehead atoms. The quantitative estimate of drug-likeness (QED) is 0.826. The van der Waals surface area contributed by atoms with E-state index in [1.165, 1.54) is 4.68 Å². The summed E-state index contributed by atoms with van der Waals surface area (Å²) < 4.78 is 6.30. The first kappa shape index (κ1) is 15.5. The van der Waals surface area contributed by atoms with Crippen LogP contribution in [0.4, 0.5) is 5.69 Å². The number of aliphatic carboxylic acids is 1. The van der Waals surface area contributed by atoms with Gasteiger partial charge in [0.05, 0.1) is 25.0 Å². The lowest BCUT2D eigenvalue weighted by molar-refractivity contribution is -0.138. The van der Waals surface area contributed by atoms with Gasteiger partial charge in [0.2, 0.25) is 0 Å². The van der Waals surface area contributed by atoms with Crippen LogP contribution in [-0.4, -0.2) is 47.7 Å². The van der Waals surface area contributed by atoms with E-state index >= 15 is 0 Å². The fraction of sp³-hybridized carbons (Fsp3) is 0.643. The molecule has 1 aliphatic rings. The highest BCUT2D eigenvalue weighted by atomic mass is 16.5. The molecule has 0 aliphatic carbocycles. The minimum atomic E-state index is -0.769. The smallest absolute Gasteiger partial charge is 0.303 e. The van der Waals surface area contributed by atoms with Gasteiger partial charge in [0, 0.05) is 32.7 Å². The van der Waals surface area contributed by atoms with Crippen LogP contribution in [0.25, 0.3) is 0 Å². The Morgan fingerprint density at radius 1 is 1.57 bits per heavy atom. The van der Waals surface area contributed by atoms with Crippen molar-refractivity contribution in [2.24, 2.45) is 5.92 Å². The summed E-state index contributed by atoms with van der Waals surface area (Å²) in [6.07, 6.45) is 3.70. The van der Waals surface area contributed by atoms with Gasteiger partial charge in [-0.25, -0.2) is 4.68 Å². The molecule has 1 aliphatic heterocycles. The fourth-order valence-electron chi connectivity index (χ4n) is 2.66. The third-order valence-electron chi connectivity index (χ3n) is 3.71. The van der Waals surface area contributed by atoms with Gasteiger partial charge >= 0.3 is 5.97 Å². The number of methoxy groups -OCH3 is 1. The summed E-state index contributed by atoms with van der Waals surface area (Å²) in [5.41, 5.74) is 0.605. The van der Waals surface area contributed by atoms with Crippen LogP contribution in [0.5, 0.6) is 0 Å². The molecule has 0 radical (unpaired) electrons. The maximum absolute atomic E-state index is 12.0. The van der Waals surface area contributed by atoms with E-state index in [0.29, 0.717) is 19.7 Å². The zero-order chi connectivity index (χ0) is 15.2. The highest BCUT2D eigenvalue weighted by molar-refractivity contribution is 5.67. The zero-order valence-electron chi connectivity index (χ0n) is 12.2. The minimum absolute atomic E-state index is 0.132. The lowest BCUT2D eigenvalue weighted by atomic mass is 9.94. The molecule has 1 N–H and O–H groups in total. The lowest BCUT2D eigenvalue weighted by Gasteiger charge is -2.33. The van der Waals surface area contributed by atoms with Crippen molar-refractivity contribution in [3.8, 4) is 0 Å². The van der Waals surface area contributed by atoms with Crippen molar-refractivity contribution in [2.45, 2.75) is 25.8 Å². The second kappa shape index (κ2) is 7.21. The maximum Gasteiger partial charge on any atom is 0.303 e. The first-order valence-corrected chi connectivity index (χ1v) is 7.13. The van der Waals surface area contributed by atoms with Gasteiger partial charge in [-0.05, 0) is 18.8 Å². The van der Waals surface area contributed by atoms with Crippen LogP contribution in [0, 0.1) is 5.92 Å². The fourth-order valence-corrected chi connectivity index (χ4v) is 2.66. The lowest BCUT2D eigenvalue weighted by Crippen LogP contribution is -2.37. The number of hydrogen-bond donors (Lipinski definition) is 1. The number of aromatic nitrogens is 2. The van der Waals surface area contributed by atoms with Crippen LogP contribution in [0.1, 0.15) is 19.3 Å². The Labute approximate surface area is 123 Å². The first-order chi connectivity index (χ1) is 10.1. The van der Waals surface area contributed by atoms with E-state index in [2.05, 4.69) is 5.10 Å². The zero-order valence-corrected chi connectivity index (χ0v) is 12.2. The molecule has 7 heteroatoms. The van der Waals surface area contributed by atoms with E-state index in [1.54, 1.807) is 19.4 Å². The molecule has 7 nitrogen and oxygen atoms in total. The van der Waals surface area contributed by atoms with E-state index in [1.807, 2.05) is 4.90 Å². The largest absolute Gasteiger partial charge is 0.481 e. The van der Waals surface area contributed by atoms with Gasteiger partial charge in [0.15, 0.2) is 0 Å². The van der Waals surface area contributed by atoms with Gasteiger partial charge in [-0.15, -0.1) is 0 Å². The average Bonchev–Trinajstić information content (AvgIpc) is 2.45. The van der Waals surface area contributed by atoms with Crippen molar-refractivity contribution in [3.63, 3.8) is 0 Å². The summed E-state index contributed by atoms with van der Waals surface area (Å²) in [7, 11) is 1.58. The van der Waals surface area contributed by atoms with Gasteiger partial charge in [0.25, 0.3) is 5.56 Å². The van der Waals surface area contributed by atoms with Gasteiger partial charge in [-0.1, -0.05) is 0 Å². The second-order valence-corrected chi connectivity index (χ2v) is 5.32. The van der Waals surface area contributed by atoms with Crippen molar-refractivity contribution in [2.75, 3.05) is 31.7 Å². The summed E-state index contributed by atoms with van der Waals surface area (Å²) in [6, 6.07) is 1.56. The SMILES string of the molecule is COCCn1ncc(N2CCC[C@@H](CC(=O)O)C2)cc1=O. The molecule has 0 aromatic carbocycles. The predicted octanol–water partition coefficient (Wildman–Crippen LogP) is 0.581. The Balaban J connectivity index is 2.05. The number of ether oxygens (including phenoxy) is 1. The maximum atomic E-state index is 12.0. The Morgan fingerprint density at radius 2 is 2.38 bits per heavy atom. The van der Waals surface area contributed by atoms with E-state index in [4.69, 9.17) is 9.84 Å². The van der Waals surface area contributed by atoms with Crippen LogP contribution < -0.4 is 10.5 Å². The van der Waals surface area contributed by atoms with Crippen LogP contribution in [0.3, 0.4) is 0 Å². The van der Waals surface area contributed by atoms with Crippen LogP contribution in [0.15, 0.2) is 17.1 Å². The molecule has 0 saturated carbocycles. The Bertz CT molecular complexity index is 543.